The lowest BCUT2D eigenvalue weighted by atomic mass is 10.2. The second-order valence-electron chi connectivity index (χ2n) is 2.33. The van der Waals surface area contributed by atoms with E-state index in [1.165, 1.54) is 0 Å². The van der Waals surface area contributed by atoms with Crippen LogP contribution in [0, 0.1) is 0 Å². The normalized spacial score (nSPS) is 9.67. The van der Waals surface area contributed by atoms with Crippen LogP contribution in [0.2, 0.25) is 0 Å². The summed E-state index contributed by atoms with van der Waals surface area (Å²) in [6.45, 7) is 0. The fourth-order valence-electron chi connectivity index (χ4n) is 1.07. The first-order valence-electron chi connectivity index (χ1n) is 3.42. The minimum absolute atomic E-state index is 0.603. The summed E-state index contributed by atoms with van der Waals surface area (Å²) in [7, 11) is 0. The molecule has 0 saturated heterocycles. The molecule has 0 N–H and O–H groups in total. The highest BCUT2D eigenvalue weighted by atomic mass is 16.3. The van der Waals surface area contributed by atoms with E-state index in [9.17, 15) is 0 Å². The van der Waals surface area contributed by atoms with Crippen molar-refractivity contribution in [3.8, 4) is 0 Å². The molecule has 0 saturated carbocycles. The summed E-state index contributed by atoms with van der Waals surface area (Å²) in [5, 5.41) is 4.42. The Morgan fingerprint density at radius 3 is 3.08 bits per heavy atom. The molecule has 0 spiro atoms. The third-order valence-electron chi connectivity index (χ3n) is 1.60. The van der Waals surface area contributed by atoms with E-state index < -0.39 is 0 Å². The van der Waals surface area contributed by atoms with Crippen LogP contribution in [0.4, 0.5) is 5.69 Å². The second kappa shape index (κ2) is 2.60. The van der Waals surface area contributed by atoms with Gasteiger partial charge in [0.05, 0.1) is 6.26 Å². The number of hydrogen-bond acceptors (Lipinski definition) is 2. The number of rotatable bonds is 1. The van der Waals surface area contributed by atoms with Crippen molar-refractivity contribution in [3.05, 3.63) is 41.0 Å². The Morgan fingerprint density at radius 1 is 1.33 bits per heavy atom. The van der Waals surface area contributed by atoms with Crippen LogP contribution in [-0.2, 0) is 0 Å². The number of hydrogen-bond donors (Lipinski definition) is 0. The summed E-state index contributed by atoms with van der Waals surface area (Å²) in [6, 6.07) is 7.09. The first kappa shape index (κ1) is 6.76. The molecule has 1 aromatic heterocycles. The molecule has 2 rings (SSSR count). The van der Waals surface area contributed by atoms with Crippen LogP contribution in [-0.4, -0.2) is 0 Å². The quantitative estimate of drug-likeness (QED) is 0.357. The Balaban J connectivity index is 2.67. The first-order chi connectivity index (χ1) is 5.90. The Labute approximate surface area is 68.0 Å². The van der Waals surface area contributed by atoms with Crippen LogP contribution < -0.4 is 0 Å². The van der Waals surface area contributed by atoms with E-state index in [1.807, 2.05) is 6.07 Å². The molecule has 12 heavy (non-hydrogen) atoms. The van der Waals surface area contributed by atoms with E-state index in [0.717, 1.165) is 11.0 Å². The molecule has 2 aromatic rings. The van der Waals surface area contributed by atoms with Gasteiger partial charge in [0.25, 0.3) is 0 Å². The predicted molar refractivity (Wildman–Crippen MR) is 45.0 cm³/mol. The van der Waals surface area contributed by atoms with Gasteiger partial charge in [0.15, 0.2) is 0 Å². The van der Waals surface area contributed by atoms with Gasteiger partial charge in [-0.2, -0.15) is 0 Å². The molecular formula is C8H5N3O. The van der Waals surface area contributed by atoms with Gasteiger partial charge in [-0.1, -0.05) is 5.11 Å². The zero-order valence-corrected chi connectivity index (χ0v) is 6.14. The van der Waals surface area contributed by atoms with Gasteiger partial charge in [0.1, 0.15) is 5.58 Å². The number of benzene rings is 1. The molecule has 0 aliphatic rings. The number of fused-ring (bicyclic) bond motifs is 1. The highest BCUT2D eigenvalue weighted by molar-refractivity contribution is 5.80. The largest absolute Gasteiger partial charge is 0.464 e. The zero-order chi connectivity index (χ0) is 8.39. The van der Waals surface area contributed by atoms with E-state index in [4.69, 9.17) is 9.95 Å². The van der Waals surface area contributed by atoms with Crippen molar-refractivity contribution in [1.82, 2.24) is 0 Å². The summed E-state index contributed by atoms with van der Waals surface area (Å²) < 4.78 is 5.12. The number of furan rings is 1. The van der Waals surface area contributed by atoms with Gasteiger partial charge in [-0.25, -0.2) is 0 Å². The minimum atomic E-state index is 0.603. The molecule has 4 nitrogen and oxygen atoms in total. The molecule has 1 heterocycles. The fraction of sp³-hybridized carbons (Fsp3) is 0. The van der Waals surface area contributed by atoms with Gasteiger partial charge in [0.2, 0.25) is 0 Å². The van der Waals surface area contributed by atoms with Crippen molar-refractivity contribution in [3.63, 3.8) is 0 Å². The maximum Gasteiger partial charge on any atom is 0.133 e. The summed E-state index contributed by atoms with van der Waals surface area (Å²) in [5.74, 6) is 0. The molecule has 0 unspecified atom stereocenters. The molecule has 0 aliphatic heterocycles. The average Bonchev–Trinajstić information content (AvgIpc) is 2.51. The molecule has 0 aliphatic carbocycles. The van der Waals surface area contributed by atoms with Crippen LogP contribution in [0.15, 0.2) is 40.1 Å². The standard InChI is InChI=1S/C8H5N3O/c9-11-10-7-1-2-8-6(5-7)3-4-12-8/h1-5H. The van der Waals surface area contributed by atoms with Crippen molar-refractivity contribution < 1.29 is 4.42 Å². The van der Waals surface area contributed by atoms with Crippen LogP contribution in [0.1, 0.15) is 0 Å². The lowest BCUT2D eigenvalue weighted by Gasteiger charge is -1.89. The Kier molecular flexibility index (Phi) is 1.47. The molecule has 0 fully saturated rings. The Hall–Kier alpha value is -1.93. The molecule has 0 amide bonds. The lowest BCUT2D eigenvalue weighted by molar-refractivity contribution is 0.616. The Bertz CT molecular complexity index is 454. The van der Waals surface area contributed by atoms with Crippen molar-refractivity contribution in [2.24, 2.45) is 5.11 Å². The molecule has 58 valence electrons. The predicted octanol–water partition coefficient (Wildman–Crippen LogP) is 3.37. The second-order valence-corrected chi connectivity index (χ2v) is 2.33. The molecule has 0 atom stereocenters. The van der Waals surface area contributed by atoms with Gasteiger partial charge in [0, 0.05) is 16.0 Å². The molecule has 4 heteroatoms. The van der Waals surface area contributed by atoms with E-state index in [1.54, 1.807) is 24.5 Å². The van der Waals surface area contributed by atoms with Gasteiger partial charge in [-0.05, 0) is 29.8 Å². The van der Waals surface area contributed by atoms with Crippen molar-refractivity contribution in [2.45, 2.75) is 0 Å². The van der Waals surface area contributed by atoms with Crippen LogP contribution in [0.3, 0.4) is 0 Å². The van der Waals surface area contributed by atoms with Gasteiger partial charge < -0.3 is 4.42 Å². The van der Waals surface area contributed by atoms with E-state index in [0.29, 0.717) is 5.69 Å². The van der Waals surface area contributed by atoms with Gasteiger partial charge in [-0.3, -0.25) is 0 Å². The van der Waals surface area contributed by atoms with Crippen LogP contribution in [0.25, 0.3) is 21.4 Å². The van der Waals surface area contributed by atoms with Gasteiger partial charge >= 0.3 is 0 Å². The van der Waals surface area contributed by atoms with Crippen molar-refractivity contribution in [2.75, 3.05) is 0 Å². The first-order valence-corrected chi connectivity index (χ1v) is 3.42. The summed E-state index contributed by atoms with van der Waals surface area (Å²) in [5.41, 5.74) is 9.58. The maximum atomic E-state index is 8.18. The lowest BCUT2D eigenvalue weighted by Crippen LogP contribution is -1.62. The highest BCUT2D eigenvalue weighted by Gasteiger charge is 1.95. The summed E-state index contributed by atoms with van der Waals surface area (Å²) in [6.07, 6.45) is 1.60. The van der Waals surface area contributed by atoms with Crippen LogP contribution in [0.5, 0.6) is 0 Å². The van der Waals surface area contributed by atoms with Crippen molar-refractivity contribution >= 4 is 16.7 Å². The minimum Gasteiger partial charge on any atom is -0.464 e. The molecule has 0 radical (unpaired) electrons. The Morgan fingerprint density at radius 2 is 2.25 bits per heavy atom. The average molecular weight is 159 g/mol. The summed E-state index contributed by atoms with van der Waals surface area (Å²) in [4.78, 5) is 2.69. The number of nitrogens with zero attached hydrogens (tertiary/aromatic N) is 3. The highest BCUT2D eigenvalue weighted by Crippen LogP contribution is 2.21. The topological polar surface area (TPSA) is 61.9 Å². The van der Waals surface area contributed by atoms with E-state index >= 15 is 0 Å². The third-order valence-corrected chi connectivity index (χ3v) is 1.60. The fourth-order valence-corrected chi connectivity index (χ4v) is 1.07. The smallest absolute Gasteiger partial charge is 0.133 e. The van der Waals surface area contributed by atoms with E-state index in [2.05, 4.69) is 10.0 Å². The molecule has 1 aromatic carbocycles. The van der Waals surface area contributed by atoms with Crippen LogP contribution >= 0.6 is 0 Å². The maximum absolute atomic E-state index is 8.18. The summed E-state index contributed by atoms with van der Waals surface area (Å²) >= 11 is 0. The van der Waals surface area contributed by atoms with Gasteiger partial charge in [-0.15, -0.1) is 0 Å². The zero-order valence-electron chi connectivity index (χ0n) is 6.14. The SMILES string of the molecule is [N-]=[N+]=Nc1ccc2occc2c1. The number of azide groups is 1. The third kappa shape index (κ3) is 1.00. The molecule has 0 bridgehead atoms. The monoisotopic (exact) mass is 159 g/mol. The van der Waals surface area contributed by atoms with Crippen molar-refractivity contribution in [1.29, 1.82) is 0 Å². The molecular weight excluding hydrogens is 154 g/mol. The van der Waals surface area contributed by atoms with E-state index in [-0.39, 0.29) is 0 Å².